The molecule has 8 heteroatoms. The summed E-state index contributed by atoms with van der Waals surface area (Å²) in [7, 11) is -0.477. The standard InChI is InChI=1S/C16H19N3O4S/c1-11-9-14(23-17-11)16(20)19-8-7-13-12(10-19)5-4-6-15(13)24(21,22)18(2)3/h4-6,9H,7-8,10H2,1-3H3. The largest absolute Gasteiger partial charge is 0.351 e. The third kappa shape index (κ3) is 2.83. The van der Waals surface area contributed by atoms with E-state index in [0.29, 0.717) is 30.1 Å². The number of carbonyl (C=O) groups excluding carboxylic acids is 1. The second-order valence-corrected chi connectivity index (χ2v) is 8.11. The molecule has 0 atom stereocenters. The third-order valence-electron chi connectivity index (χ3n) is 4.11. The number of aromatic nitrogens is 1. The van der Waals surface area contributed by atoms with Crippen molar-refractivity contribution in [2.24, 2.45) is 0 Å². The average molecular weight is 349 g/mol. The van der Waals surface area contributed by atoms with Crippen LogP contribution in [0.3, 0.4) is 0 Å². The molecule has 0 saturated carbocycles. The highest BCUT2D eigenvalue weighted by molar-refractivity contribution is 7.89. The zero-order valence-electron chi connectivity index (χ0n) is 13.8. The Balaban J connectivity index is 1.91. The van der Waals surface area contributed by atoms with Crippen molar-refractivity contribution in [3.8, 4) is 0 Å². The zero-order chi connectivity index (χ0) is 17.5. The van der Waals surface area contributed by atoms with Gasteiger partial charge in [-0.3, -0.25) is 4.79 Å². The molecule has 1 aromatic heterocycles. The molecule has 3 rings (SSSR count). The van der Waals surface area contributed by atoms with Crippen molar-refractivity contribution in [2.75, 3.05) is 20.6 Å². The Morgan fingerprint density at radius 2 is 2.08 bits per heavy atom. The van der Waals surface area contributed by atoms with Crippen LogP contribution in [0.5, 0.6) is 0 Å². The molecule has 0 spiro atoms. The molecule has 24 heavy (non-hydrogen) atoms. The number of nitrogens with zero attached hydrogens (tertiary/aromatic N) is 3. The molecule has 1 amide bonds. The molecule has 2 heterocycles. The van der Waals surface area contributed by atoms with Gasteiger partial charge in [-0.1, -0.05) is 17.3 Å². The molecule has 1 aliphatic heterocycles. The van der Waals surface area contributed by atoms with Crippen molar-refractivity contribution < 1.29 is 17.7 Å². The monoisotopic (exact) mass is 349 g/mol. The first-order valence-corrected chi connectivity index (χ1v) is 9.00. The number of hydrogen-bond donors (Lipinski definition) is 0. The molecule has 0 saturated heterocycles. The van der Waals surface area contributed by atoms with Crippen molar-refractivity contribution in [3.63, 3.8) is 0 Å². The van der Waals surface area contributed by atoms with Gasteiger partial charge in [-0.05, 0) is 30.5 Å². The van der Waals surface area contributed by atoms with Crippen LogP contribution >= 0.6 is 0 Å². The first-order chi connectivity index (χ1) is 11.3. The van der Waals surface area contributed by atoms with Crippen LogP contribution in [-0.4, -0.2) is 49.3 Å². The van der Waals surface area contributed by atoms with Crippen LogP contribution in [0.2, 0.25) is 0 Å². The number of hydrogen-bond acceptors (Lipinski definition) is 5. The minimum Gasteiger partial charge on any atom is -0.351 e. The number of rotatable bonds is 3. The first-order valence-electron chi connectivity index (χ1n) is 7.56. The molecular formula is C16H19N3O4S. The molecule has 0 radical (unpaired) electrons. The lowest BCUT2D eigenvalue weighted by Gasteiger charge is -2.29. The van der Waals surface area contributed by atoms with E-state index in [1.54, 1.807) is 30.0 Å². The maximum Gasteiger partial charge on any atom is 0.292 e. The van der Waals surface area contributed by atoms with Gasteiger partial charge >= 0.3 is 0 Å². The molecule has 7 nitrogen and oxygen atoms in total. The average Bonchev–Trinajstić information content (AvgIpc) is 2.99. The molecule has 0 bridgehead atoms. The van der Waals surface area contributed by atoms with Gasteiger partial charge in [-0.2, -0.15) is 0 Å². The Kier molecular flexibility index (Phi) is 4.18. The summed E-state index contributed by atoms with van der Waals surface area (Å²) in [5, 5.41) is 3.74. The van der Waals surface area contributed by atoms with E-state index < -0.39 is 10.0 Å². The fraction of sp³-hybridized carbons (Fsp3) is 0.375. The molecule has 1 aliphatic rings. The van der Waals surface area contributed by atoms with E-state index in [0.717, 1.165) is 11.1 Å². The van der Waals surface area contributed by atoms with Crippen molar-refractivity contribution in [3.05, 3.63) is 46.8 Å². The molecule has 128 valence electrons. The van der Waals surface area contributed by atoms with Gasteiger partial charge in [0.25, 0.3) is 5.91 Å². The van der Waals surface area contributed by atoms with Gasteiger partial charge in [-0.25, -0.2) is 12.7 Å². The van der Waals surface area contributed by atoms with E-state index in [1.165, 1.54) is 18.4 Å². The Hall–Kier alpha value is -2.19. The smallest absolute Gasteiger partial charge is 0.292 e. The topological polar surface area (TPSA) is 83.7 Å². The summed E-state index contributed by atoms with van der Waals surface area (Å²) in [6, 6.07) is 6.78. The summed E-state index contributed by atoms with van der Waals surface area (Å²) in [6.45, 7) is 2.54. The fourth-order valence-electron chi connectivity index (χ4n) is 2.81. The van der Waals surface area contributed by atoms with Crippen LogP contribution in [0.15, 0.2) is 33.7 Å². The maximum absolute atomic E-state index is 12.5. The van der Waals surface area contributed by atoms with E-state index >= 15 is 0 Å². The summed E-state index contributed by atoms with van der Waals surface area (Å²) in [5.41, 5.74) is 2.27. The molecular weight excluding hydrogens is 330 g/mol. The summed E-state index contributed by atoms with van der Waals surface area (Å²) >= 11 is 0. The van der Waals surface area contributed by atoms with Crippen LogP contribution in [0.4, 0.5) is 0 Å². The Morgan fingerprint density at radius 1 is 1.33 bits per heavy atom. The highest BCUT2D eigenvalue weighted by Gasteiger charge is 2.29. The third-order valence-corrected chi connectivity index (χ3v) is 6.01. The highest BCUT2D eigenvalue weighted by Crippen LogP contribution is 2.28. The van der Waals surface area contributed by atoms with Gasteiger partial charge in [0.2, 0.25) is 15.8 Å². The summed E-state index contributed by atoms with van der Waals surface area (Å²) in [5.74, 6) is -0.0323. The van der Waals surface area contributed by atoms with Crippen molar-refractivity contribution >= 4 is 15.9 Å². The van der Waals surface area contributed by atoms with Crippen LogP contribution in [0.1, 0.15) is 27.4 Å². The van der Waals surface area contributed by atoms with E-state index in [2.05, 4.69) is 5.16 Å². The van der Waals surface area contributed by atoms with E-state index in [9.17, 15) is 13.2 Å². The van der Waals surface area contributed by atoms with Crippen molar-refractivity contribution in [1.29, 1.82) is 0 Å². The Labute approximate surface area is 140 Å². The van der Waals surface area contributed by atoms with E-state index in [-0.39, 0.29) is 11.7 Å². The van der Waals surface area contributed by atoms with Crippen LogP contribution < -0.4 is 0 Å². The predicted molar refractivity (Wildman–Crippen MR) is 87.0 cm³/mol. The molecule has 0 N–H and O–H groups in total. The second-order valence-electron chi connectivity index (χ2n) is 5.99. The molecule has 0 aliphatic carbocycles. The van der Waals surface area contributed by atoms with Gasteiger partial charge in [-0.15, -0.1) is 0 Å². The van der Waals surface area contributed by atoms with Gasteiger partial charge in [0.1, 0.15) is 0 Å². The molecule has 0 unspecified atom stereocenters. The van der Waals surface area contributed by atoms with Crippen LogP contribution in [0.25, 0.3) is 0 Å². The van der Waals surface area contributed by atoms with E-state index in [4.69, 9.17) is 4.52 Å². The lowest BCUT2D eigenvalue weighted by Crippen LogP contribution is -2.37. The maximum atomic E-state index is 12.5. The molecule has 1 aromatic carbocycles. The normalized spacial score (nSPS) is 14.8. The number of sulfonamides is 1. The first kappa shape index (κ1) is 16.7. The van der Waals surface area contributed by atoms with Crippen molar-refractivity contribution in [1.82, 2.24) is 14.4 Å². The zero-order valence-corrected chi connectivity index (χ0v) is 14.6. The number of carbonyl (C=O) groups is 1. The Bertz CT molecular complexity index is 886. The van der Waals surface area contributed by atoms with Crippen LogP contribution in [0, 0.1) is 6.92 Å². The number of benzene rings is 1. The van der Waals surface area contributed by atoms with Gasteiger partial charge < -0.3 is 9.42 Å². The molecule has 0 fully saturated rings. The predicted octanol–water partition coefficient (Wildman–Crippen LogP) is 1.43. The van der Waals surface area contributed by atoms with Gasteiger partial charge in [0.15, 0.2) is 0 Å². The lowest BCUT2D eigenvalue weighted by atomic mass is 9.99. The van der Waals surface area contributed by atoms with Gasteiger partial charge in [0.05, 0.1) is 10.6 Å². The minimum absolute atomic E-state index is 0.202. The van der Waals surface area contributed by atoms with Crippen LogP contribution in [-0.2, 0) is 23.0 Å². The summed E-state index contributed by atoms with van der Waals surface area (Å²) in [6.07, 6.45) is 0.484. The lowest BCUT2D eigenvalue weighted by molar-refractivity contribution is 0.0691. The SMILES string of the molecule is Cc1cc(C(=O)N2CCc3c(cccc3S(=O)(=O)N(C)C)C2)on1. The quantitative estimate of drug-likeness (QED) is 0.837. The number of fused-ring (bicyclic) bond motifs is 1. The fourth-order valence-corrected chi connectivity index (χ4v) is 3.99. The second kappa shape index (κ2) is 6.03. The summed E-state index contributed by atoms with van der Waals surface area (Å²) < 4.78 is 31.2. The van der Waals surface area contributed by atoms with E-state index in [1.807, 2.05) is 6.07 Å². The summed E-state index contributed by atoms with van der Waals surface area (Å²) in [4.78, 5) is 14.4. The minimum atomic E-state index is -3.50. The highest BCUT2D eigenvalue weighted by atomic mass is 32.2. The molecule has 2 aromatic rings. The number of aryl methyl sites for hydroxylation is 1. The number of amides is 1. The van der Waals surface area contributed by atoms with Gasteiger partial charge in [0, 0.05) is 33.3 Å². The Morgan fingerprint density at radius 3 is 2.71 bits per heavy atom. The van der Waals surface area contributed by atoms with Crippen molar-refractivity contribution in [2.45, 2.75) is 24.8 Å².